The van der Waals surface area contributed by atoms with Crippen LogP contribution < -0.4 is 20.3 Å². The number of carbonyl (C=O) groups is 4. The molecule has 1 unspecified atom stereocenters. The number of H-pyrrole nitrogens is 1. The number of piperazine rings is 1. The molecule has 1 aliphatic carbocycles. The van der Waals surface area contributed by atoms with Gasteiger partial charge in [0.2, 0.25) is 5.91 Å². The zero-order valence-corrected chi connectivity index (χ0v) is 50.2. The lowest BCUT2D eigenvalue weighted by Gasteiger charge is -2.39. The molecule has 6 heterocycles. The first-order valence-electron chi connectivity index (χ1n) is 29.6. The number of nitrogens with one attached hydrogen (secondary N) is 3. The van der Waals surface area contributed by atoms with Gasteiger partial charge in [-0.05, 0) is 154 Å². The van der Waals surface area contributed by atoms with Crippen molar-refractivity contribution in [3.8, 4) is 11.5 Å². The van der Waals surface area contributed by atoms with Crippen molar-refractivity contribution in [2.45, 2.75) is 82.6 Å². The standard InChI is InChI=1S/C65H72ClN9O10S/c1-42-9-18-56(62(77)70-42)74-63(78)53-8-4-6-45(60(53)64(74)79)7-5-32-84-33-31-71-25-21-43(22-26-71)38-68-55-17-15-51(36-57(55)75(80)81)86(82,83)41-58(76)52-16-14-49(35-59(52)85-50-34-46-20-24-67-61(46)69-39-50)73-29-27-72(28-30-73)40-47-19-23-65(2,3)37-54(47)44-10-12-48(66)13-11-44/h4,6,8,10-17,20,24,34-36,39,43,56,68H,1,5,7,9,18-19,21-23,25-33,37-38,40-41H2,2-3H3,(H,67,69)(H,70,77). The van der Waals surface area contributed by atoms with E-state index in [1.165, 1.54) is 35.0 Å². The van der Waals surface area contributed by atoms with E-state index in [1.54, 1.807) is 36.5 Å². The van der Waals surface area contributed by atoms with E-state index in [2.05, 4.69) is 67.9 Å². The van der Waals surface area contributed by atoms with Crippen LogP contribution in [0.25, 0.3) is 16.6 Å². The Kier molecular flexibility index (Phi) is 17.9. The number of Topliss-reactive ketones (excluding diaryl/α,β-unsaturated/α-hetero) is 1. The van der Waals surface area contributed by atoms with Gasteiger partial charge in [0, 0.05) is 92.5 Å². The lowest BCUT2D eigenvalue weighted by Crippen LogP contribution is -2.51. The van der Waals surface area contributed by atoms with Gasteiger partial charge in [0.15, 0.2) is 15.6 Å². The Hall–Kier alpha value is -7.75. The molecule has 21 heteroatoms. The van der Waals surface area contributed by atoms with Crippen LogP contribution >= 0.6 is 11.6 Å². The molecule has 5 aliphatic rings. The number of halogens is 1. The second-order valence-corrected chi connectivity index (χ2v) is 26.5. The number of imide groups is 1. The smallest absolute Gasteiger partial charge is 0.293 e. The number of benzene rings is 4. The Bertz CT molecular complexity index is 3760. The molecule has 3 fully saturated rings. The molecule has 1 atom stereocenters. The van der Waals surface area contributed by atoms with Crippen LogP contribution in [0, 0.1) is 21.4 Å². The Labute approximate surface area is 505 Å². The summed E-state index contributed by atoms with van der Waals surface area (Å²) in [5.74, 6) is -2.24. The summed E-state index contributed by atoms with van der Waals surface area (Å²) in [6, 6.07) is 25.1. The fraction of sp³-hybridized carbons (Fsp3) is 0.400. The van der Waals surface area contributed by atoms with E-state index in [4.69, 9.17) is 21.1 Å². The Balaban J connectivity index is 0.670. The van der Waals surface area contributed by atoms with E-state index < -0.39 is 55.7 Å². The third-order valence-corrected chi connectivity index (χ3v) is 19.4. The first-order valence-corrected chi connectivity index (χ1v) is 31.7. The molecule has 86 heavy (non-hydrogen) atoms. The van der Waals surface area contributed by atoms with E-state index in [0.29, 0.717) is 80.2 Å². The second-order valence-electron chi connectivity index (χ2n) is 24.0. The number of hydrogen-bond donors (Lipinski definition) is 3. The third kappa shape index (κ3) is 13.6. The Morgan fingerprint density at radius 1 is 0.907 bits per heavy atom. The molecule has 3 amide bonds. The maximum absolute atomic E-state index is 14.3. The minimum atomic E-state index is -4.39. The van der Waals surface area contributed by atoms with Gasteiger partial charge in [0.05, 0.1) is 39.3 Å². The summed E-state index contributed by atoms with van der Waals surface area (Å²) >= 11 is 6.27. The van der Waals surface area contributed by atoms with Crippen LogP contribution in [0.4, 0.5) is 17.1 Å². The molecule has 0 radical (unpaired) electrons. The quantitative estimate of drug-likeness (QED) is 0.0189. The van der Waals surface area contributed by atoms with Gasteiger partial charge in [-0.15, -0.1) is 0 Å². The summed E-state index contributed by atoms with van der Waals surface area (Å²) in [5.41, 5.74) is 7.59. The number of ketones is 1. The van der Waals surface area contributed by atoms with Gasteiger partial charge in [-0.1, -0.05) is 61.9 Å². The number of hydrogen-bond acceptors (Lipinski definition) is 15. The van der Waals surface area contributed by atoms with Crippen LogP contribution in [-0.2, 0) is 25.8 Å². The molecule has 0 spiro atoms. The van der Waals surface area contributed by atoms with Crippen LogP contribution in [0.2, 0.25) is 5.02 Å². The second kappa shape index (κ2) is 25.7. The average molecular weight is 1210 g/mol. The van der Waals surface area contributed by atoms with E-state index >= 15 is 0 Å². The largest absolute Gasteiger partial charge is 0.455 e. The number of aromatic amines is 1. The van der Waals surface area contributed by atoms with Gasteiger partial charge < -0.3 is 34.9 Å². The number of allylic oxidation sites excluding steroid dienone is 2. The fourth-order valence-corrected chi connectivity index (χ4v) is 13.9. The molecule has 19 nitrogen and oxygen atoms in total. The molecule has 0 saturated carbocycles. The lowest BCUT2D eigenvalue weighted by atomic mass is 9.72. The summed E-state index contributed by atoms with van der Waals surface area (Å²) in [6.45, 7) is 16.1. The van der Waals surface area contributed by atoms with Gasteiger partial charge in [0.25, 0.3) is 17.5 Å². The van der Waals surface area contributed by atoms with Crippen molar-refractivity contribution < 1.29 is 42.0 Å². The highest BCUT2D eigenvalue weighted by Crippen LogP contribution is 2.44. The number of nitrogens with zero attached hydrogens (tertiary/aromatic N) is 6. The number of rotatable bonds is 22. The maximum Gasteiger partial charge on any atom is 0.293 e. The van der Waals surface area contributed by atoms with Crippen molar-refractivity contribution in [2.75, 3.05) is 88.1 Å². The minimum Gasteiger partial charge on any atom is -0.455 e. The molecule has 4 aromatic carbocycles. The third-order valence-electron chi connectivity index (χ3n) is 17.5. The molecule has 450 valence electrons. The van der Waals surface area contributed by atoms with Gasteiger partial charge in [-0.2, -0.15) is 0 Å². The van der Waals surface area contributed by atoms with Crippen molar-refractivity contribution >= 4 is 78.6 Å². The van der Waals surface area contributed by atoms with Crippen LogP contribution in [0.1, 0.15) is 107 Å². The lowest BCUT2D eigenvalue weighted by molar-refractivity contribution is -0.384. The number of nitro benzene ring substituents is 1. The van der Waals surface area contributed by atoms with Crippen LogP contribution in [0.3, 0.4) is 0 Å². The molecular weight excluding hydrogens is 1130 g/mol. The zero-order chi connectivity index (χ0) is 60.3. The van der Waals surface area contributed by atoms with Crippen molar-refractivity contribution in [1.82, 2.24) is 30.0 Å². The van der Waals surface area contributed by atoms with Gasteiger partial charge in [-0.25, -0.2) is 13.4 Å². The van der Waals surface area contributed by atoms with Crippen molar-refractivity contribution in [3.63, 3.8) is 0 Å². The van der Waals surface area contributed by atoms with Crippen LogP contribution in [0.5, 0.6) is 11.5 Å². The molecule has 0 bridgehead atoms. The molecule has 11 rings (SSSR count). The van der Waals surface area contributed by atoms with Crippen molar-refractivity contribution in [3.05, 3.63) is 164 Å². The van der Waals surface area contributed by atoms with Crippen molar-refractivity contribution in [1.29, 1.82) is 0 Å². The molecule has 4 aliphatic heterocycles. The summed E-state index contributed by atoms with van der Waals surface area (Å²) < 4.78 is 40.6. The average Bonchev–Trinajstić information content (AvgIpc) is 2.16. The van der Waals surface area contributed by atoms with Gasteiger partial charge in [-0.3, -0.25) is 39.1 Å². The normalized spacial score (nSPS) is 18.8. The summed E-state index contributed by atoms with van der Waals surface area (Å²) in [5, 5.41) is 19.9. The number of fused-ring (bicyclic) bond motifs is 2. The number of pyridine rings is 1. The minimum absolute atomic E-state index is 0.0500. The van der Waals surface area contributed by atoms with E-state index in [9.17, 15) is 37.7 Å². The number of piperidine rings is 2. The fourth-order valence-electron chi connectivity index (χ4n) is 12.6. The number of amides is 3. The van der Waals surface area contributed by atoms with E-state index in [0.717, 1.165) is 111 Å². The molecular formula is C65H72ClN9O10S. The first-order chi connectivity index (χ1) is 41.4. The highest BCUT2D eigenvalue weighted by atomic mass is 35.5. The SMILES string of the molecule is C=C1CCC(N2C(=O)c3cccc(CCCOCCN4CCC(CNc5ccc(S(=O)(=O)CC(=O)c6ccc(N7CCN(CC8=C(c9ccc(Cl)cc9)CC(C)(C)CC8)CC7)cc6Oc6cnc7[nH]ccc7c6)cc5[N+](=O)[O-])CC4)c3C2=O)C(=O)N1. The van der Waals surface area contributed by atoms with E-state index in [1.807, 2.05) is 30.3 Å². The maximum atomic E-state index is 14.3. The molecule has 3 N–H and O–H groups in total. The first kappa shape index (κ1) is 60.0. The Morgan fingerprint density at radius 3 is 2.47 bits per heavy atom. The number of ether oxygens (including phenoxy) is 2. The number of aromatic nitrogens is 2. The molecule has 6 aromatic rings. The van der Waals surface area contributed by atoms with Gasteiger partial charge in [0.1, 0.15) is 34.6 Å². The summed E-state index contributed by atoms with van der Waals surface area (Å²) in [4.78, 5) is 80.9. The number of nitro groups is 1. The number of sulfone groups is 1. The van der Waals surface area contributed by atoms with Crippen molar-refractivity contribution in [2.24, 2.45) is 11.3 Å². The molecule has 3 saturated heterocycles. The summed E-state index contributed by atoms with van der Waals surface area (Å²) in [6.07, 6.45) is 10.1. The number of anilines is 2. The number of aryl methyl sites for hydroxylation is 1. The predicted octanol–water partition coefficient (Wildman–Crippen LogP) is 10.5. The van der Waals surface area contributed by atoms with E-state index in [-0.39, 0.29) is 33.2 Å². The highest BCUT2D eigenvalue weighted by molar-refractivity contribution is 7.92. The van der Waals surface area contributed by atoms with Crippen LogP contribution in [0.15, 0.2) is 126 Å². The number of likely N-dealkylation sites (tertiary alicyclic amines) is 1. The Morgan fingerprint density at radius 2 is 1.70 bits per heavy atom. The molecule has 2 aromatic heterocycles. The van der Waals surface area contributed by atoms with Crippen LogP contribution in [-0.4, -0.2) is 145 Å². The monoisotopic (exact) mass is 1210 g/mol. The summed E-state index contributed by atoms with van der Waals surface area (Å²) in [7, 11) is -4.39. The van der Waals surface area contributed by atoms with Gasteiger partial charge >= 0.3 is 0 Å². The number of carbonyl (C=O) groups excluding carboxylic acids is 4. The predicted molar refractivity (Wildman–Crippen MR) is 331 cm³/mol. The topological polar surface area (TPSA) is 230 Å². The highest BCUT2D eigenvalue weighted by Gasteiger charge is 2.45. The zero-order valence-electron chi connectivity index (χ0n) is 48.6.